The van der Waals surface area contributed by atoms with Gasteiger partial charge in [-0.15, -0.1) is 0 Å². The molecule has 2 rings (SSSR count). The number of aromatic nitrogens is 1. The summed E-state index contributed by atoms with van der Waals surface area (Å²) >= 11 is 0. The van der Waals surface area contributed by atoms with Gasteiger partial charge in [-0.1, -0.05) is 51.0 Å². The van der Waals surface area contributed by atoms with Crippen LogP contribution in [0.3, 0.4) is 0 Å². The molecular formula is C16H23N3. The van der Waals surface area contributed by atoms with Gasteiger partial charge < -0.3 is 0 Å². The molecule has 1 atom stereocenters. The molecule has 0 fully saturated rings. The third-order valence-electron chi connectivity index (χ3n) is 3.96. The number of hydrogen-bond donors (Lipinski definition) is 2. The van der Waals surface area contributed by atoms with Crippen molar-refractivity contribution in [2.45, 2.75) is 39.2 Å². The Hall–Kier alpha value is -1.45. The second-order valence-electron chi connectivity index (χ2n) is 5.06. The number of hydrazine groups is 1. The maximum absolute atomic E-state index is 5.78. The predicted octanol–water partition coefficient (Wildman–Crippen LogP) is 3.57. The number of nitrogens with two attached hydrogens (primary N) is 1. The molecule has 0 amide bonds. The van der Waals surface area contributed by atoms with Crippen LogP contribution in [0.5, 0.6) is 0 Å². The van der Waals surface area contributed by atoms with Crippen molar-refractivity contribution in [2.75, 3.05) is 0 Å². The van der Waals surface area contributed by atoms with Gasteiger partial charge in [0.05, 0.1) is 5.52 Å². The third kappa shape index (κ3) is 3.11. The minimum Gasteiger partial charge on any atom is -0.271 e. The second-order valence-corrected chi connectivity index (χ2v) is 5.06. The summed E-state index contributed by atoms with van der Waals surface area (Å²) in [6.07, 6.45) is 5.27. The fourth-order valence-corrected chi connectivity index (χ4v) is 2.65. The largest absolute Gasteiger partial charge is 0.271 e. The summed E-state index contributed by atoms with van der Waals surface area (Å²) in [5.74, 6) is 6.47. The van der Waals surface area contributed by atoms with E-state index in [2.05, 4.69) is 48.5 Å². The van der Waals surface area contributed by atoms with E-state index in [9.17, 15) is 0 Å². The first-order chi connectivity index (χ1) is 9.30. The standard InChI is InChI=1S/C16H23N3/c1-3-12(4-2)11-15(19-17)14-9-5-7-13-8-6-10-18-16(13)14/h5-10,12,15,19H,3-4,11,17H2,1-2H3. The van der Waals surface area contributed by atoms with E-state index in [4.69, 9.17) is 5.84 Å². The van der Waals surface area contributed by atoms with Gasteiger partial charge in [0.25, 0.3) is 0 Å². The summed E-state index contributed by atoms with van der Waals surface area (Å²) in [6, 6.07) is 10.5. The lowest BCUT2D eigenvalue weighted by atomic mass is 9.90. The molecule has 19 heavy (non-hydrogen) atoms. The Labute approximate surface area is 115 Å². The van der Waals surface area contributed by atoms with E-state index in [0.717, 1.165) is 11.9 Å². The van der Waals surface area contributed by atoms with Crippen molar-refractivity contribution in [3.05, 3.63) is 42.1 Å². The number of hydrogen-bond acceptors (Lipinski definition) is 3. The first-order valence-electron chi connectivity index (χ1n) is 7.09. The Balaban J connectivity index is 2.35. The van der Waals surface area contributed by atoms with Crippen molar-refractivity contribution in [3.8, 4) is 0 Å². The van der Waals surface area contributed by atoms with E-state index in [1.54, 1.807) is 0 Å². The van der Waals surface area contributed by atoms with Crippen molar-refractivity contribution < 1.29 is 0 Å². The lowest BCUT2D eigenvalue weighted by Crippen LogP contribution is -2.29. The van der Waals surface area contributed by atoms with E-state index in [-0.39, 0.29) is 6.04 Å². The van der Waals surface area contributed by atoms with E-state index < -0.39 is 0 Å². The van der Waals surface area contributed by atoms with Gasteiger partial charge in [-0.25, -0.2) is 0 Å². The topological polar surface area (TPSA) is 50.9 Å². The van der Waals surface area contributed by atoms with Crippen LogP contribution in [0.1, 0.15) is 44.7 Å². The second kappa shape index (κ2) is 6.64. The van der Waals surface area contributed by atoms with Gasteiger partial charge >= 0.3 is 0 Å². The number of nitrogens with one attached hydrogen (secondary N) is 1. The normalized spacial score (nSPS) is 13.1. The Morgan fingerprint density at radius 3 is 2.58 bits per heavy atom. The van der Waals surface area contributed by atoms with Crippen LogP contribution in [0.4, 0.5) is 0 Å². The van der Waals surface area contributed by atoms with Gasteiger partial charge in [-0.2, -0.15) is 0 Å². The predicted molar refractivity (Wildman–Crippen MR) is 80.5 cm³/mol. The maximum atomic E-state index is 5.78. The molecule has 1 aromatic heterocycles. The highest BCUT2D eigenvalue weighted by Gasteiger charge is 2.17. The lowest BCUT2D eigenvalue weighted by molar-refractivity contribution is 0.376. The highest BCUT2D eigenvalue weighted by atomic mass is 15.2. The zero-order valence-electron chi connectivity index (χ0n) is 11.8. The summed E-state index contributed by atoms with van der Waals surface area (Å²) < 4.78 is 0. The molecule has 102 valence electrons. The molecule has 3 N–H and O–H groups in total. The van der Waals surface area contributed by atoms with Crippen LogP contribution in [-0.4, -0.2) is 4.98 Å². The van der Waals surface area contributed by atoms with Gasteiger partial charge in [-0.3, -0.25) is 16.3 Å². The van der Waals surface area contributed by atoms with Crippen LogP contribution in [-0.2, 0) is 0 Å². The average Bonchev–Trinajstić information content (AvgIpc) is 2.48. The molecule has 0 spiro atoms. The van der Waals surface area contributed by atoms with Crippen LogP contribution in [0.15, 0.2) is 36.5 Å². The Morgan fingerprint density at radius 2 is 1.89 bits per heavy atom. The molecule has 0 radical (unpaired) electrons. The highest BCUT2D eigenvalue weighted by molar-refractivity contribution is 5.81. The quantitative estimate of drug-likeness (QED) is 0.614. The number of rotatable bonds is 6. The van der Waals surface area contributed by atoms with Crippen LogP contribution < -0.4 is 11.3 Å². The van der Waals surface area contributed by atoms with Crippen molar-refractivity contribution in [3.63, 3.8) is 0 Å². The number of nitrogens with zero attached hydrogens (tertiary/aromatic N) is 1. The molecule has 0 aliphatic heterocycles. The molecule has 0 aliphatic carbocycles. The molecule has 1 heterocycles. The molecule has 1 unspecified atom stereocenters. The zero-order chi connectivity index (χ0) is 13.7. The number of fused-ring (bicyclic) bond motifs is 1. The zero-order valence-corrected chi connectivity index (χ0v) is 11.8. The van der Waals surface area contributed by atoms with Gasteiger partial charge in [0, 0.05) is 17.6 Å². The van der Waals surface area contributed by atoms with Gasteiger partial charge in [0.15, 0.2) is 0 Å². The molecule has 3 heteroatoms. The van der Waals surface area contributed by atoms with E-state index in [0.29, 0.717) is 5.92 Å². The molecule has 2 aromatic rings. The first-order valence-corrected chi connectivity index (χ1v) is 7.09. The van der Waals surface area contributed by atoms with Gasteiger partial charge in [0.2, 0.25) is 0 Å². The van der Waals surface area contributed by atoms with Crippen LogP contribution in [0.25, 0.3) is 10.9 Å². The first kappa shape index (κ1) is 14.0. The summed E-state index contributed by atoms with van der Waals surface area (Å²) in [5.41, 5.74) is 5.23. The van der Waals surface area contributed by atoms with Crippen LogP contribution in [0, 0.1) is 5.92 Å². The van der Waals surface area contributed by atoms with Gasteiger partial charge in [0.1, 0.15) is 0 Å². The van der Waals surface area contributed by atoms with Crippen molar-refractivity contribution in [2.24, 2.45) is 11.8 Å². The minimum absolute atomic E-state index is 0.170. The van der Waals surface area contributed by atoms with Crippen molar-refractivity contribution in [1.82, 2.24) is 10.4 Å². The Kier molecular flexibility index (Phi) is 4.88. The SMILES string of the molecule is CCC(CC)CC(NN)c1cccc2cccnc12. The van der Waals surface area contributed by atoms with Crippen molar-refractivity contribution >= 4 is 10.9 Å². The van der Waals surface area contributed by atoms with Crippen LogP contribution in [0.2, 0.25) is 0 Å². The molecule has 0 saturated carbocycles. The third-order valence-corrected chi connectivity index (χ3v) is 3.96. The smallest absolute Gasteiger partial charge is 0.0750 e. The molecule has 0 aliphatic rings. The fourth-order valence-electron chi connectivity index (χ4n) is 2.65. The van der Waals surface area contributed by atoms with Crippen LogP contribution >= 0.6 is 0 Å². The summed E-state index contributed by atoms with van der Waals surface area (Å²) in [7, 11) is 0. The maximum Gasteiger partial charge on any atom is 0.0750 e. The molecule has 0 bridgehead atoms. The van der Waals surface area contributed by atoms with E-state index >= 15 is 0 Å². The highest BCUT2D eigenvalue weighted by Crippen LogP contribution is 2.28. The molecule has 1 aromatic carbocycles. The number of benzene rings is 1. The lowest BCUT2D eigenvalue weighted by Gasteiger charge is -2.22. The molecular weight excluding hydrogens is 234 g/mol. The monoisotopic (exact) mass is 257 g/mol. The Bertz CT molecular complexity index is 515. The van der Waals surface area contributed by atoms with Gasteiger partial charge in [-0.05, 0) is 24.0 Å². The molecule has 0 saturated heterocycles. The fraction of sp³-hybridized carbons (Fsp3) is 0.438. The Morgan fingerprint density at radius 1 is 1.16 bits per heavy atom. The average molecular weight is 257 g/mol. The number of para-hydroxylation sites is 1. The molecule has 3 nitrogen and oxygen atoms in total. The number of pyridine rings is 1. The summed E-state index contributed by atoms with van der Waals surface area (Å²) in [5, 5.41) is 1.17. The minimum atomic E-state index is 0.170. The van der Waals surface area contributed by atoms with Crippen molar-refractivity contribution in [1.29, 1.82) is 0 Å². The summed E-state index contributed by atoms with van der Waals surface area (Å²) in [6.45, 7) is 4.48. The van der Waals surface area contributed by atoms with E-state index in [1.165, 1.54) is 23.8 Å². The van der Waals surface area contributed by atoms with E-state index in [1.807, 2.05) is 12.3 Å². The summed E-state index contributed by atoms with van der Waals surface area (Å²) in [4.78, 5) is 4.51.